The molecule has 7 nitrogen and oxygen atoms in total. The molecule has 0 unspecified atom stereocenters. The molecule has 1 aromatic heterocycles. The highest BCUT2D eigenvalue weighted by Gasteiger charge is 2.26. The molecule has 112 valence electrons. The number of nitrogens with zero attached hydrogens (tertiary/aromatic N) is 2. The van der Waals surface area contributed by atoms with Crippen molar-refractivity contribution in [2.24, 2.45) is 5.84 Å². The maximum atomic E-state index is 12.6. The van der Waals surface area contributed by atoms with Crippen LogP contribution in [0.4, 0.5) is 11.4 Å². The highest BCUT2D eigenvalue weighted by Crippen LogP contribution is 2.27. The van der Waals surface area contributed by atoms with Crippen LogP contribution in [0.1, 0.15) is 0 Å². The molecule has 21 heavy (non-hydrogen) atoms. The van der Waals surface area contributed by atoms with Crippen LogP contribution in [0.15, 0.2) is 47.6 Å². The molecule has 0 spiro atoms. The highest BCUT2D eigenvalue weighted by atomic mass is 32.2. The highest BCUT2D eigenvalue weighted by molar-refractivity contribution is 7.92. The van der Waals surface area contributed by atoms with Crippen LogP contribution in [0.3, 0.4) is 0 Å². The van der Waals surface area contributed by atoms with Gasteiger partial charge in [0.25, 0.3) is 10.0 Å². The minimum Gasteiger partial charge on any atom is -0.497 e. The lowest BCUT2D eigenvalue weighted by Crippen LogP contribution is -2.28. The van der Waals surface area contributed by atoms with Gasteiger partial charge in [0.05, 0.1) is 18.5 Å². The van der Waals surface area contributed by atoms with E-state index >= 15 is 0 Å². The Labute approximate surface area is 123 Å². The summed E-state index contributed by atoms with van der Waals surface area (Å²) in [4.78, 5) is 3.91. The quantitative estimate of drug-likeness (QED) is 0.636. The zero-order chi connectivity index (χ0) is 15.5. The van der Waals surface area contributed by atoms with Crippen molar-refractivity contribution in [1.29, 1.82) is 0 Å². The minimum atomic E-state index is -3.84. The zero-order valence-electron chi connectivity index (χ0n) is 11.6. The summed E-state index contributed by atoms with van der Waals surface area (Å²) in [7, 11) is -0.875. The van der Waals surface area contributed by atoms with E-state index in [1.54, 1.807) is 36.4 Å². The number of aromatic nitrogens is 1. The van der Waals surface area contributed by atoms with Crippen molar-refractivity contribution in [3.63, 3.8) is 0 Å². The third-order valence-corrected chi connectivity index (χ3v) is 4.69. The molecule has 0 aliphatic rings. The second kappa shape index (κ2) is 5.98. The number of nitrogens with one attached hydrogen (secondary N) is 1. The van der Waals surface area contributed by atoms with Gasteiger partial charge in [0.2, 0.25) is 5.03 Å². The van der Waals surface area contributed by atoms with Gasteiger partial charge in [0.1, 0.15) is 5.75 Å². The normalized spacial score (nSPS) is 11.0. The van der Waals surface area contributed by atoms with E-state index in [2.05, 4.69) is 10.4 Å². The van der Waals surface area contributed by atoms with Gasteiger partial charge in [0.15, 0.2) is 0 Å². The van der Waals surface area contributed by atoms with Crippen LogP contribution in [-0.2, 0) is 10.0 Å². The molecule has 0 saturated carbocycles. The summed E-state index contributed by atoms with van der Waals surface area (Å²) in [6, 6.07) is 9.87. The van der Waals surface area contributed by atoms with Gasteiger partial charge < -0.3 is 10.2 Å². The van der Waals surface area contributed by atoms with E-state index in [1.165, 1.54) is 20.4 Å². The molecule has 2 rings (SSSR count). The lowest BCUT2D eigenvalue weighted by molar-refractivity contribution is 0.415. The van der Waals surface area contributed by atoms with Crippen LogP contribution >= 0.6 is 0 Å². The molecule has 0 fully saturated rings. The Bertz CT molecular complexity index is 734. The molecular weight excluding hydrogens is 292 g/mol. The van der Waals surface area contributed by atoms with E-state index in [-0.39, 0.29) is 10.7 Å². The van der Waals surface area contributed by atoms with Gasteiger partial charge in [-0.3, -0.25) is 10.1 Å². The predicted octanol–water partition coefficient (Wildman–Crippen LogP) is 1.20. The Hall–Kier alpha value is -2.32. The molecule has 0 bridgehead atoms. The van der Waals surface area contributed by atoms with Crippen LogP contribution in [-0.4, -0.2) is 27.6 Å². The topological polar surface area (TPSA) is 97.5 Å². The van der Waals surface area contributed by atoms with E-state index in [0.29, 0.717) is 11.4 Å². The molecule has 8 heteroatoms. The lowest BCUT2D eigenvalue weighted by Gasteiger charge is -2.20. The number of methoxy groups -OCH3 is 1. The van der Waals surface area contributed by atoms with Gasteiger partial charge in [-0.25, -0.2) is 4.98 Å². The van der Waals surface area contributed by atoms with Gasteiger partial charge in [-0.05, 0) is 24.3 Å². The standard InChI is InChI=1S/C13H16N4O3S/c1-17(10-5-3-6-11(9-10)20-2)21(18,19)13-12(16-14)7-4-8-15-13/h3-9,16H,14H2,1-2H3. The third kappa shape index (κ3) is 2.91. The molecule has 1 heterocycles. The summed E-state index contributed by atoms with van der Waals surface area (Å²) in [5, 5.41) is -0.141. The van der Waals surface area contributed by atoms with E-state index in [4.69, 9.17) is 10.6 Å². The van der Waals surface area contributed by atoms with Gasteiger partial charge in [-0.1, -0.05) is 6.07 Å². The van der Waals surface area contributed by atoms with E-state index in [0.717, 1.165) is 4.31 Å². The number of anilines is 2. The van der Waals surface area contributed by atoms with Crippen LogP contribution in [0.2, 0.25) is 0 Å². The van der Waals surface area contributed by atoms with Crippen molar-refractivity contribution in [2.45, 2.75) is 5.03 Å². The van der Waals surface area contributed by atoms with Crippen molar-refractivity contribution < 1.29 is 13.2 Å². The maximum Gasteiger partial charge on any atom is 0.283 e. The molecule has 0 amide bonds. The Morgan fingerprint density at radius 2 is 2.05 bits per heavy atom. The number of nitrogen functional groups attached to an aromatic ring is 1. The summed E-state index contributed by atoms with van der Waals surface area (Å²) in [5.74, 6) is 5.90. The molecule has 0 aliphatic heterocycles. The summed E-state index contributed by atoms with van der Waals surface area (Å²) in [5.41, 5.74) is 3.03. The third-order valence-electron chi connectivity index (χ3n) is 2.95. The van der Waals surface area contributed by atoms with Crippen molar-refractivity contribution >= 4 is 21.4 Å². The summed E-state index contributed by atoms with van der Waals surface area (Å²) < 4.78 is 31.5. The summed E-state index contributed by atoms with van der Waals surface area (Å²) in [6.07, 6.45) is 1.40. The smallest absolute Gasteiger partial charge is 0.283 e. The molecular formula is C13H16N4O3S. The first-order valence-electron chi connectivity index (χ1n) is 6.05. The van der Waals surface area contributed by atoms with E-state index < -0.39 is 10.0 Å². The minimum absolute atomic E-state index is 0.141. The van der Waals surface area contributed by atoms with Gasteiger partial charge in [0, 0.05) is 19.3 Å². The van der Waals surface area contributed by atoms with Crippen molar-refractivity contribution in [2.75, 3.05) is 23.9 Å². The first-order valence-corrected chi connectivity index (χ1v) is 7.49. The average Bonchev–Trinajstić information content (AvgIpc) is 2.54. The number of hydrogen-bond donors (Lipinski definition) is 2. The number of ether oxygens (including phenoxy) is 1. The van der Waals surface area contributed by atoms with Crippen molar-refractivity contribution in [3.05, 3.63) is 42.6 Å². The van der Waals surface area contributed by atoms with Crippen molar-refractivity contribution in [3.8, 4) is 5.75 Å². The van der Waals surface area contributed by atoms with E-state index in [9.17, 15) is 8.42 Å². The molecule has 0 saturated heterocycles. The second-order valence-electron chi connectivity index (χ2n) is 4.17. The molecule has 2 aromatic rings. The monoisotopic (exact) mass is 308 g/mol. The van der Waals surface area contributed by atoms with Gasteiger partial charge in [-0.15, -0.1) is 0 Å². The number of hydrazine groups is 1. The Balaban J connectivity index is 2.47. The first-order chi connectivity index (χ1) is 10.0. The number of sulfonamides is 1. The van der Waals surface area contributed by atoms with Gasteiger partial charge in [-0.2, -0.15) is 8.42 Å². The number of rotatable bonds is 5. The number of pyridine rings is 1. The maximum absolute atomic E-state index is 12.6. The van der Waals surface area contributed by atoms with Gasteiger partial charge >= 0.3 is 0 Å². The number of nitrogens with two attached hydrogens (primary N) is 1. The predicted molar refractivity (Wildman–Crippen MR) is 80.6 cm³/mol. The van der Waals surface area contributed by atoms with Crippen molar-refractivity contribution in [1.82, 2.24) is 4.98 Å². The molecule has 0 aliphatic carbocycles. The Kier molecular flexibility index (Phi) is 4.29. The number of benzene rings is 1. The van der Waals surface area contributed by atoms with Crippen LogP contribution in [0.25, 0.3) is 0 Å². The van der Waals surface area contributed by atoms with Crippen LogP contribution in [0, 0.1) is 0 Å². The molecule has 3 N–H and O–H groups in total. The van der Waals surface area contributed by atoms with Crippen LogP contribution < -0.4 is 20.3 Å². The summed E-state index contributed by atoms with van der Waals surface area (Å²) >= 11 is 0. The molecule has 0 atom stereocenters. The Morgan fingerprint density at radius 1 is 1.29 bits per heavy atom. The fourth-order valence-electron chi connectivity index (χ4n) is 1.78. The number of hydrogen-bond acceptors (Lipinski definition) is 6. The lowest BCUT2D eigenvalue weighted by atomic mass is 10.3. The first kappa shape index (κ1) is 15.1. The van der Waals surface area contributed by atoms with E-state index in [1.807, 2.05) is 0 Å². The fraction of sp³-hybridized carbons (Fsp3) is 0.154. The molecule has 0 radical (unpaired) electrons. The molecule has 1 aromatic carbocycles. The largest absolute Gasteiger partial charge is 0.497 e. The fourth-order valence-corrected chi connectivity index (χ4v) is 3.03. The second-order valence-corrected chi connectivity index (χ2v) is 6.06. The Morgan fingerprint density at radius 3 is 2.71 bits per heavy atom. The zero-order valence-corrected chi connectivity index (χ0v) is 12.5. The van der Waals surface area contributed by atoms with Crippen LogP contribution in [0.5, 0.6) is 5.75 Å². The summed E-state index contributed by atoms with van der Waals surface area (Å²) in [6.45, 7) is 0. The SMILES string of the molecule is COc1cccc(N(C)S(=O)(=O)c2ncccc2NN)c1. The average molecular weight is 308 g/mol.